The number of unbranched alkanes of at least 4 members (excludes halogenated alkanes) is 2. The summed E-state index contributed by atoms with van der Waals surface area (Å²) < 4.78 is 0. The van der Waals surface area contributed by atoms with E-state index in [1.165, 1.54) is 58.2 Å². The number of hydrogen-bond acceptors (Lipinski definition) is 4. The molecule has 156 valence electrons. The van der Waals surface area contributed by atoms with Crippen LogP contribution in [0, 0.1) is 0 Å². The van der Waals surface area contributed by atoms with Crippen LogP contribution in [0.25, 0.3) is 0 Å². The van der Waals surface area contributed by atoms with Gasteiger partial charge in [-0.1, -0.05) is 18.9 Å². The zero-order valence-electron chi connectivity index (χ0n) is 17.6. The Balaban J connectivity index is 1.25. The minimum atomic E-state index is 0.491. The topological polar surface area (TPSA) is 55.8 Å². The highest BCUT2D eigenvalue weighted by Crippen LogP contribution is 2.17. The van der Waals surface area contributed by atoms with Crippen LogP contribution in [-0.2, 0) is 0 Å². The van der Waals surface area contributed by atoms with Crippen molar-refractivity contribution in [1.29, 1.82) is 0 Å². The van der Waals surface area contributed by atoms with Crippen LogP contribution < -0.4 is 15.5 Å². The second-order valence-electron chi connectivity index (χ2n) is 8.06. The number of piperidine rings is 2. The molecule has 0 spiro atoms. The highest BCUT2D eigenvalue weighted by Gasteiger charge is 2.20. The lowest BCUT2D eigenvalue weighted by atomic mass is 10.1. The van der Waals surface area contributed by atoms with Crippen LogP contribution in [0.5, 0.6) is 0 Å². The number of pyridine rings is 1. The van der Waals surface area contributed by atoms with Crippen LogP contribution in [0.3, 0.4) is 0 Å². The van der Waals surface area contributed by atoms with Gasteiger partial charge in [-0.3, -0.25) is 4.99 Å². The van der Waals surface area contributed by atoms with Gasteiger partial charge in [0.05, 0.1) is 0 Å². The molecule has 6 heteroatoms. The molecule has 28 heavy (non-hydrogen) atoms. The van der Waals surface area contributed by atoms with E-state index >= 15 is 0 Å². The van der Waals surface area contributed by atoms with Gasteiger partial charge >= 0.3 is 0 Å². The largest absolute Gasteiger partial charge is 0.356 e. The van der Waals surface area contributed by atoms with E-state index in [2.05, 4.69) is 42.5 Å². The van der Waals surface area contributed by atoms with Gasteiger partial charge in [-0.05, 0) is 70.3 Å². The molecule has 3 heterocycles. The quantitative estimate of drug-likeness (QED) is 0.409. The Labute approximate surface area is 170 Å². The van der Waals surface area contributed by atoms with Gasteiger partial charge in [0.2, 0.25) is 0 Å². The minimum absolute atomic E-state index is 0.491. The average molecular weight is 387 g/mol. The van der Waals surface area contributed by atoms with E-state index in [0.29, 0.717) is 6.04 Å². The first-order valence-electron chi connectivity index (χ1n) is 11.2. The molecular weight excluding hydrogens is 348 g/mol. The van der Waals surface area contributed by atoms with Crippen LogP contribution >= 0.6 is 0 Å². The molecular formula is C22H38N6. The molecule has 6 nitrogen and oxygen atoms in total. The van der Waals surface area contributed by atoms with Crippen molar-refractivity contribution in [2.45, 2.75) is 57.4 Å². The van der Waals surface area contributed by atoms with Crippen molar-refractivity contribution in [3.63, 3.8) is 0 Å². The number of anilines is 1. The number of aliphatic imine (C=N–C) groups is 1. The summed E-state index contributed by atoms with van der Waals surface area (Å²) in [7, 11) is 1.87. The number of guanidine groups is 1. The van der Waals surface area contributed by atoms with Crippen LogP contribution in [0.15, 0.2) is 29.4 Å². The molecule has 2 fully saturated rings. The smallest absolute Gasteiger partial charge is 0.191 e. The summed E-state index contributed by atoms with van der Waals surface area (Å²) in [5.41, 5.74) is 0. The molecule has 3 rings (SSSR count). The summed E-state index contributed by atoms with van der Waals surface area (Å²) in [6.45, 7) is 7.00. The number of hydrogen-bond donors (Lipinski definition) is 2. The first-order chi connectivity index (χ1) is 13.8. The van der Waals surface area contributed by atoms with Crippen LogP contribution in [-0.4, -0.2) is 68.2 Å². The molecule has 1 aromatic rings. The van der Waals surface area contributed by atoms with Crippen molar-refractivity contribution < 1.29 is 0 Å². The molecule has 2 aliphatic heterocycles. The van der Waals surface area contributed by atoms with E-state index in [1.807, 2.05) is 19.3 Å². The molecule has 1 aromatic heterocycles. The van der Waals surface area contributed by atoms with E-state index in [-0.39, 0.29) is 0 Å². The fourth-order valence-electron chi connectivity index (χ4n) is 4.21. The molecule has 0 aromatic carbocycles. The summed E-state index contributed by atoms with van der Waals surface area (Å²) in [5.74, 6) is 2.04. The number of nitrogens with one attached hydrogen (secondary N) is 2. The lowest BCUT2D eigenvalue weighted by Gasteiger charge is -2.33. The van der Waals surface area contributed by atoms with Gasteiger partial charge in [-0.2, -0.15) is 0 Å². The lowest BCUT2D eigenvalue weighted by Crippen LogP contribution is -2.49. The third-order valence-corrected chi connectivity index (χ3v) is 5.92. The summed E-state index contributed by atoms with van der Waals surface area (Å²) in [4.78, 5) is 13.9. The van der Waals surface area contributed by atoms with Gasteiger partial charge in [0.25, 0.3) is 0 Å². The molecule has 2 saturated heterocycles. The van der Waals surface area contributed by atoms with E-state index in [0.717, 1.165) is 44.3 Å². The maximum atomic E-state index is 4.47. The van der Waals surface area contributed by atoms with Gasteiger partial charge in [0.15, 0.2) is 5.96 Å². The SMILES string of the molecule is CN=C(NCCCCCN1CCCCC1)NC1CCN(c2ccccn2)CC1. The van der Waals surface area contributed by atoms with E-state index in [4.69, 9.17) is 0 Å². The highest BCUT2D eigenvalue weighted by molar-refractivity contribution is 5.79. The number of nitrogens with zero attached hydrogens (tertiary/aromatic N) is 4. The van der Waals surface area contributed by atoms with E-state index in [1.54, 1.807) is 0 Å². The molecule has 0 atom stereocenters. The van der Waals surface area contributed by atoms with Crippen LogP contribution in [0.1, 0.15) is 51.4 Å². The van der Waals surface area contributed by atoms with Crippen molar-refractivity contribution in [2.75, 3.05) is 51.2 Å². The summed E-state index contributed by atoms with van der Waals surface area (Å²) in [5, 5.41) is 7.10. The minimum Gasteiger partial charge on any atom is -0.356 e. The standard InChI is InChI=1S/C22H38N6/c1-23-22(25-14-5-2-7-15-27-16-8-3-9-17-27)26-20-11-18-28(19-12-20)21-10-4-6-13-24-21/h4,6,10,13,20H,2-3,5,7-9,11-12,14-19H2,1H3,(H2,23,25,26). The Morgan fingerprint density at radius 2 is 1.89 bits per heavy atom. The number of likely N-dealkylation sites (tertiary alicyclic amines) is 1. The lowest BCUT2D eigenvalue weighted by molar-refractivity contribution is 0.224. The molecule has 0 saturated carbocycles. The van der Waals surface area contributed by atoms with E-state index < -0.39 is 0 Å². The number of aromatic nitrogens is 1. The second kappa shape index (κ2) is 11.9. The first-order valence-corrected chi connectivity index (χ1v) is 11.2. The Morgan fingerprint density at radius 1 is 1.07 bits per heavy atom. The number of rotatable bonds is 8. The van der Waals surface area contributed by atoms with Crippen molar-refractivity contribution >= 4 is 11.8 Å². The third kappa shape index (κ3) is 6.97. The highest BCUT2D eigenvalue weighted by atomic mass is 15.2. The molecule has 0 aliphatic carbocycles. The molecule has 2 N–H and O–H groups in total. The third-order valence-electron chi connectivity index (χ3n) is 5.92. The van der Waals surface area contributed by atoms with Gasteiger partial charge < -0.3 is 20.4 Å². The van der Waals surface area contributed by atoms with Gasteiger partial charge in [0, 0.05) is 38.9 Å². The molecule has 0 radical (unpaired) electrons. The fraction of sp³-hybridized carbons (Fsp3) is 0.727. The maximum Gasteiger partial charge on any atom is 0.191 e. The predicted octanol–water partition coefficient (Wildman–Crippen LogP) is 2.87. The molecule has 0 unspecified atom stereocenters. The zero-order chi connectivity index (χ0) is 19.4. The maximum absolute atomic E-state index is 4.47. The van der Waals surface area contributed by atoms with Gasteiger partial charge in [0.1, 0.15) is 5.82 Å². The zero-order valence-corrected chi connectivity index (χ0v) is 17.6. The van der Waals surface area contributed by atoms with Crippen molar-refractivity contribution in [2.24, 2.45) is 4.99 Å². The summed E-state index contributed by atoms with van der Waals surface area (Å²) in [6, 6.07) is 6.62. The average Bonchev–Trinajstić information content (AvgIpc) is 2.77. The Kier molecular flexibility index (Phi) is 8.88. The summed E-state index contributed by atoms with van der Waals surface area (Å²) >= 11 is 0. The van der Waals surface area contributed by atoms with Crippen molar-refractivity contribution in [1.82, 2.24) is 20.5 Å². The summed E-state index contributed by atoms with van der Waals surface area (Å²) in [6.07, 6.45) is 12.1. The molecule has 0 amide bonds. The monoisotopic (exact) mass is 386 g/mol. The van der Waals surface area contributed by atoms with Crippen molar-refractivity contribution in [3.05, 3.63) is 24.4 Å². The van der Waals surface area contributed by atoms with Crippen molar-refractivity contribution in [3.8, 4) is 0 Å². The predicted molar refractivity (Wildman–Crippen MR) is 118 cm³/mol. The van der Waals surface area contributed by atoms with Crippen LogP contribution in [0.4, 0.5) is 5.82 Å². The molecule has 0 bridgehead atoms. The second-order valence-corrected chi connectivity index (χ2v) is 8.06. The Bertz CT molecular complexity index is 562. The van der Waals surface area contributed by atoms with E-state index in [9.17, 15) is 0 Å². The van der Waals surface area contributed by atoms with Crippen LogP contribution in [0.2, 0.25) is 0 Å². The van der Waals surface area contributed by atoms with Gasteiger partial charge in [-0.25, -0.2) is 4.98 Å². The Morgan fingerprint density at radius 3 is 2.61 bits per heavy atom. The first kappa shape index (κ1) is 20.9. The van der Waals surface area contributed by atoms with Gasteiger partial charge in [-0.15, -0.1) is 0 Å². The normalized spacial score (nSPS) is 19.6. The Hall–Kier alpha value is -1.82. The fourth-order valence-corrected chi connectivity index (χ4v) is 4.21. The molecule has 2 aliphatic rings.